The van der Waals surface area contributed by atoms with Crippen LogP contribution in [0.1, 0.15) is 87.3 Å². The smallest absolute Gasteiger partial charge is 0.150 e. The molecule has 0 aliphatic heterocycles. The van der Waals surface area contributed by atoms with Crippen molar-refractivity contribution < 1.29 is 4.74 Å². The largest absolute Gasteiger partial charge is 0.494 e. The zero-order valence-corrected chi connectivity index (χ0v) is 13.7. The average molecular weight is 303 g/mol. The van der Waals surface area contributed by atoms with Crippen molar-refractivity contribution in [2.45, 2.75) is 76.0 Å². The van der Waals surface area contributed by atoms with Gasteiger partial charge in [-0.1, -0.05) is 38.5 Å². The van der Waals surface area contributed by atoms with Gasteiger partial charge in [-0.3, -0.25) is 0 Å². The fraction of sp³-hybridized carbons (Fsp3) is 0.722. The normalized spacial score (nSPS) is 21.0. The fourth-order valence-electron chi connectivity index (χ4n) is 4.32. The number of nitrogens with two attached hydrogens (primary N) is 2. The summed E-state index contributed by atoms with van der Waals surface area (Å²) in [5.41, 5.74) is 15.6. The molecule has 0 saturated heterocycles. The second-order valence-electron chi connectivity index (χ2n) is 6.91. The summed E-state index contributed by atoms with van der Waals surface area (Å²) in [6.07, 6.45) is 12.4. The molecular weight excluding hydrogens is 274 g/mol. The predicted molar refractivity (Wildman–Crippen MR) is 91.3 cm³/mol. The van der Waals surface area contributed by atoms with E-state index in [2.05, 4.69) is 0 Å². The van der Waals surface area contributed by atoms with E-state index < -0.39 is 0 Å². The summed E-state index contributed by atoms with van der Waals surface area (Å²) in [6, 6.07) is 0. The van der Waals surface area contributed by atoms with Crippen LogP contribution in [0.2, 0.25) is 0 Å². The zero-order valence-electron chi connectivity index (χ0n) is 13.7. The second-order valence-corrected chi connectivity index (χ2v) is 6.91. The van der Waals surface area contributed by atoms with E-state index in [9.17, 15) is 0 Å². The first-order valence-electron chi connectivity index (χ1n) is 8.85. The minimum Gasteiger partial charge on any atom is -0.494 e. The highest BCUT2D eigenvalue weighted by Crippen LogP contribution is 2.46. The number of aromatic nitrogens is 1. The number of nitrogen functional groups attached to an aromatic ring is 2. The molecule has 1 heterocycles. The third-order valence-corrected chi connectivity index (χ3v) is 5.49. The van der Waals surface area contributed by atoms with Crippen LogP contribution in [0.15, 0.2) is 0 Å². The molecule has 4 nitrogen and oxygen atoms in total. The number of nitrogens with zero attached hydrogens (tertiary/aromatic N) is 1. The Bertz CT molecular complexity index is 518. The van der Waals surface area contributed by atoms with E-state index in [0.29, 0.717) is 17.7 Å². The predicted octanol–water partition coefficient (Wildman–Crippen LogP) is 4.35. The van der Waals surface area contributed by atoms with Crippen LogP contribution in [0.5, 0.6) is 5.75 Å². The van der Waals surface area contributed by atoms with Crippen molar-refractivity contribution in [1.29, 1.82) is 0 Å². The molecule has 22 heavy (non-hydrogen) atoms. The minimum absolute atomic E-state index is 0.449. The van der Waals surface area contributed by atoms with Crippen molar-refractivity contribution in [2.75, 3.05) is 18.6 Å². The molecule has 0 spiro atoms. The monoisotopic (exact) mass is 303 g/mol. The average Bonchev–Trinajstić information content (AvgIpc) is 2.57. The maximum atomic E-state index is 6.46. The Kier molecular flexibility index (Phi) is 4.74. The minimum atomic E-state index is 0.449. The van der Waals surface area contributed by atoms with Crippen LogP contribution in [0.3, 0.4) is 0 Å². The molecule has 0 aromatic carbocycles. The van der Waals surface area contributed by atoms with Crippen LogP contribution in [0, 0.1) is 0 Å². The zero-order chi connectivity index (χ0) is 15.5. The molecule has 0 bridgehead atoms. The molecule has 2 fully saturated rings. The molecule has 4 heteroatoms. The van der Waals surface area contributed by atoms with Gasteiger partial charge in [0, 0.05) is 11.5 Å². The van der Waals surface area contributed by atoms with Crippen molar-refractivity contribution >= 4 is 11.5 Å². The van der Waals surface area contributed by atoms with Gasteiger partial charge in [0.05, 0.1) is 18.5 Å². The van der Waals surface area contributed by atoms with Gasteiger partial charge in [-0.15, -0.1) is 0 Å². The summed E-state index contributed by atoms with van der Waals surface area (Å²) in [6.45, 7) is 0. The van der Waals surface area contributed by atoms with E-state index in [0.717, 1.165) is 22.7 Å². The summed E-state index contributed by atoms with van der Waals surface area (Å²) in [5, 5.41) is 0. The van der Waals surface area contributed by atoms with Crippen LogP contribution in [0.4, 0.5) is 11.5 Å². The van der Waals surface area contributed by atoms with Gasteiger partial charge in [-0.05, 0) is 31.6 Å². The molecule has 4 N–H and O–H groups in total. The molecule has 1 aromatic rings. The molecule has 3 rings (SSSR count). The summed E-state index contributed by atoms with van der Waals surface area (Å²) in [4.78, 5) is 4.75. The maximum absolute atomic E-state index is 6.46. The van der Waals surface area contributed by atoms with Gasteiger partial charge in [-0.2, -0.15) is 0 Å². The standard InChI is InChI=1S/C18H29N3O/c1-22-17-14(12-8-4-2-5-9-12)18(20)21-16(15(17)19)13-10-6-3-7-11-13/h12-13H,2-11,19H2,1H3,(H2,20,21). The van der Waals surface area contributed by atoms with Gasteiger partial charge in [-0.25, -0.2) is 4.98 Å². The lowest BCUT2D eigenvalue weighted by Crippen LogP contribution is -2.16. The van der Waals surface area contributed by atoms with Crippen LogP contribution in [-0.4, -0.2) is 12.1 Å². The molecule has 0 unspecified atom stereocenters. The Morgan fingerprint density at radius 3 is 1.95 bits per heavy atom. The van der Waals surface area contributed by atoms with E-state index in [1.165, 1.54) is 64.2 Å². The lowest BCUT2D eigenvalue weighted by Gasteiger charge is -2.28. The SMILES string of the molecule is COc1c(N)c(C2CCCCC2)nc(N)c1C1CCCCC1. The van der Waals surface area contributed by atoms with Crippen molar-refractivity contribution in [3.63, 3.8) is 0 Å². The molecule has 122 valence electrons. The summed E-state index contributed by atoms with van der Waals surface area (Å²) in [7, 11) is 1.71. The highest BCUT2D eigenvalue weighted by atomic mass is 16.5. The number of rotatable bonds is 3. The second kappa shape index (κ2) is 6.76. The molecule has 2 saturated carbocycles. The van der Waals surface area contributed by atoms with Gasteiger partial charge in [0.25, 0.3) is 0 Å². The van der Waals surface area contributed by atoms with E-state index >= 15 is 0 Å². The Labute approximate surface area is 133 Å². The number of pyridine rings is 1. The molecule has 2 aliphatic carbocycles. The molecule has 2 aliphatic rings. The van der Waals surface area contributed by atoms with E-state index in [-0.39, 0.29) is 0 Å². The molecule has 0 amide bonds. The van der Waals surface area contributed by atoms with Gasteiger partial charge >= 0.3 is 0 Å². The van der Waals surface area contributed by atoms with Gasteiger partial charge in [0.15, 0.2) is 5.75 Å². The Hall–Kier alpha value is -1.45. The van der Waals surface area contributed by atoms with Gasteiger partial charge < -0.3 is 16.2 Å². The number of hydrogen-bond donors (Lipinski definition) is 2. The van der Waals surface area contributed by atoms with Crippen LogP contribution in [0.25, 0.3) is 0 Å². The number of ether oxygens (including phenoxy) is 1. The Balaban J connectivity index is 1.99. The molecule has 0 radical (unpaired) electrons. The van der Waals surface area contributed by atoms with Crippen LogP contribution >= 0.6 is 0 Å². The molecular formula is C18H29N3O. The number of hydrogen-bond acceptors (Lipinski definition) is 4. The maximum Gasteiger partial charge on any atom is 0.150 e. The van der Waals surface area contributed by atoms with Gasteiger partial charge in [0.1, 0.15) is 5.82 Å². The summed E-state index contributed by atoms with van der Waals surface area (Å²) >= 11 is 0. The van der Waals surface area contributed by atoms with E-state index in [1.807, 2.05) is 0 Å². The lowest BCUT2D eigenvalue weighted by atomic mass is 9.82. The van der Waals surface area contributed by atoms with Crippen LogP contribution in [-0.2, 0) is 0 Å². The van der Waals surface area contributed by atoms with Gasteiger partial charge in [0.2, 0.25) is 0 Å². The van der Waals surface area contributed by atoms with Crippen molar-refractivity contribution in [2.24, 2.45) is 0 Å². The Morgan fingerprint density at radius 2 is 1.41 bits per heavy atom. The Morgan fingerprint density at radius 1 is 0.864 bits per heavy atom. The highest BCUT2D eigenvalue weighted by Gasteiger charge is 2.28. The third-order valence-electron chi connectivity index (χ3n) is 5.49. The number of methoxy groups -OCH3 is 1. The highest BCUT2D eigenvalue weighted by molar-refractivity contribution is 5.67. The molecule has 1 aromatic heterocycles. The fourth-order valence-corrected chi connectivity index (χ4v) is 4.32. The lowest BCUT2D eigenvalue weighted by molar-refractivity contribution is 0.385. The first kappa shape index (κ1) is 15.4. The van der Waals surface area contributed by atoms with E-state index in [4.69, 9.17) is 21.2 Å². The van der Waals surface area contributed by atoms with Crippen molar-refractivity contribution in [1.82, 2.24) is 4.98 Å². The topological polar surface area (TPSA) is 74.2 Å². The first-order chi connectivity index (χ1) is 10.7. The van der Waals surface area contributed by atoms with E-state index in [1.54, 1.807) is 7.11 Å². The first-order valence-corrected chi connectivity index (χ1v) is 8.85. The summed E-state index contributed by atoms with van der Waals surface area (Å²) in [5.74, 6) is 2.36. The molecule has 0 atom stereocenters. The number of anilines is 2. The summed E-state index contributed by atoms with van der Waals surface area (Å²) < 4.78 is 5.70. The van der Waals surface area contributed by atoms with Crippen molar-refractivity contribution in [3.05, 3.63) is 11.3 Å². The van der Waals surface area contributed by atoms with Crippen LogP contribution < -0.4 is 16.2 Å². The quantitative estimate of drug-likeness (QED) is 0.870. The third kappa shape index (κ3) is 2.88. The van der Waals surface area contributed by atoms with Crippen molar-refractivity contribution in [3.8, 4) is 5.75 Å².